The lowest BCUT2D eigenvalue weighted by atomic mass is 9.83. The van der Waals surface area contributed by atoms with Crippen LogP contribution in [0.5, 0.6) is 17.2 Å². The van der Waals surface area contributed by atoms with Crippen LogP contribution in [0.15, 0.2) is 102 Å². The maximum absolute atomic E-state index is 14.0. The van der Waals surface area contributed by atoms with Crippen LogP contribution in [0.25, 0.3) is 0 Å². The van der Waals surface area contributed by atoms with Crippen LogP contribution in [-0.2, 0) is 6.61 Å². The normalized spacial score (nSPS) is 14.2. The number of carbonyl (C=O) groups excluding carboxylic acids is 1. The van der Waals surface area contributed by atoms with Gasteiger partial charge < -0.3 is 19.9 Å². The fourth-order valence-corrected chi connectivity index (χ4v) is 4.38. The van der Waals surface area contributed by atoms with Crippen LogP contribution < -0.4 is 19.9 Å². The minimum Gasteiger partial charge on any atom is -0.489 e. The van der Waals surface area contributed by atoms with E-state index in [1.54, 1.807) is 24.3 Å². The Hall–Kier alpha value is -4.80. The summed E-state index contributed by atoms with van der Waals surface area (Å²) in [7, 11) is 0. The van der Waals surface area contributed by atoms with Gasteiger partial charge in [0.05, 0.1) is 11.5 Å². The van der Waals surface area contributed by atoms with Gasteiger partial charge in [-0.25, -0.2) is 9.18 Å². The molecule has 4 aromatic carbocycles. The summed E-state index contributed by atoms with van der Waals surface area (Å²) in [4.78, 5) is 12.5. The third-order valence-corrected chi connectivity index (χ3v) is 6.41. The predicted octanol–water partition coefficient (Wildman–Crippen LogP) is 6.50. The molecule has 38 heavy (non-hydrogen) atoms. The van der Waals surface area contributed by atoms with Gasteiger partial charge >= 0.3 is 5.97 Å². The minimum atomic E-state index is -0.847. The molecule has 0 amide bonds. The maximum atomic E-state index is 14.0. The van der Waals surface area contributed by atoms with Crippen molar-refractivity contribution in [2.45, 2.75) is 12.5 Å². The van der Waals surface area contributed by atoms with Crippen LogP contribution in [0.3, 0.4) is 0 Å². The molecule has 0 spiro atoms. The Labute approximate surface area is 223 Å². The van der Waals surface area contributed by atoms with Gasteiger partial charge in [0.2, 0.25) is 5.88 Å². The first-order valence-corrected chi connectivity index (χ1v) is 12.0. The minimum absolute atomic E-state index is 0.0648. The van der Waals surface area contributed by atoms with Gasteiger partial charge in [-0.15, -0.1) is 0 Å². The molecule has 0 saturated carbocycles. The quantitative estimate of drug-likeness (QED) is 0.228. The second kappa shape index (κ2) is 10.7. The highest BCUT2D eigenvalue weighted by Crippen LogP contribution is 2.44. The topological polar surface area (TPSA) is 94.6 Å². The van der Waals surface area contributed by atoms with Crippen molar-refractivity contribution in [3.8, 4) is 23.3 Å². The molecular formula is C30H20ClFN2O4. The van der Waals surface area contributed by atoms with Crippen LogP contribution in [-0.4, -0.2) is 5.97 Å². The molecule has 0 radical (unpaired) electrons. The average Bonchev–Trinajstić information content (AvgIpc) is 2.92. The SMILES string of the molecule is N#CC1=C(N)Oc2cc(OC(=O)c3ccccc3F)ccc2C1c1cccc(OCc2ccccc2Cl)c1. The van der Waals surface area contributed by atoms with Gasteiger partial charge in [-0.05, 0) is 42.0 Å². The van der Waals surface area contributed by atoms with E-state index in [1.807, 2.05) is 42.5 Å². The molecule has 1 atom stereocenters. The van der Waals surface area contributed by atoms with Gasteiger partial charge in [-0.2, -0.15) is 5.26 Å². The van der Waals surface area contributed by atoms with Crippen molar-refractivity contribution in [2.24, 2.45) is 5.73 Å². The lowest BCUT2D eigenvalue weighted by molar-refractivity contribution is 0.0729. The van der Waals surface area contributed by atoms with E-state index in [2.05, 4.69) is 6.07 Å². The van der Waals surface area contributed by atoms with Gasteiger partial charge in [0, 0.05) is 22.2 Å². The van der Waals surface area contributed by atoms with Crippen molar-refractivity contribution in [2.75, 3.05) is 0 Å². The molecule has 2 N–H and O–H groups in total. The number of nitrogens with zero attached hydrogens (tertiary/aromatic N) is 1. The number of nitrogens with two attached hydrogens (primary N) is 1. The van der Waals surface area contributed by atoms with Crippen molar-refractivity contribution in [3.63, 3.8) is 0 Å². The highest BCUT2D eigenvalue weighted by atomic mass is 35.5. The highest BCUT2D eigenvalue weighted by Gasteiger charge is 2.31. The van der Waals surface area contributed by atoms with Crippen LogP contribution in [0, 0.1) is 17.1 Å². The molecule has 0 aliphatic carbocycles. The number of ether oxygens (including phenoxy) is 3. The van der Waals surface area contributed by atoms with Crippen LogP contribution in [0.2, 0.25) is 5.02 Å². The molecule has 0 aromatic heterocycles. The largest absolute Gasteiger partial charge is 0.489 e. The molecule has 188 valence electrons. The molecule has 1 aliphatic rings. The number of fused-ring (bicyclic) bond motifs is 1. The summed E-state index contributed by atoms with van der Waals surface area (Å²) < 4.78 is 31.0. The Bertz CT molecular complexity index is 1610. The number of halogens is 2. The fraction of sp³-hybridized carbons (Fsp3) is 0.0667. The smallest absolute Gasteiger partial charge is 0.346 e. The molecule has 1 aliphatic heterocycles. The Kier molecular flexibility index (Phi) is 6.98. The number of esters is 1. The first-order chi connectivity index (χ1) is 18.4. The summed E-state index contributed by atoms with van der Waals surface area (Å²) in [5.41, 5.74) is 8.40. The van der Waals surface area contributed by atoms with Crippen LogP contribution >= 0.6 is 11.6 Å². The maximum Gasteiger partial charge on any atom is 0.346 e. The summed E-state index contributed by atoms with van der Waals surface area (Å²) in [5, 5.41) is 10.5. The second-order valence-corrected chi connectivity index (χ2v) is 8.85. The number of benzene rings is 4. The van der Waals surface area contributed by atoms with Crippen molar-refractivity contribution in [1.29, 1.82) is 5.26 Å². The van der Waals surface area contributed by atoms with E-state index in [4.69, 9.17) is 31.5 Å². The Morgan fingerprint density at radius 2 is 1.79 bits per heavy atom. The lowest BCUT2D eigenvalue weighted by Crippen LogP contribution is -2.21. The number of hydrogen-bond acceptors (Lipinski definition) is 6. The van der Waals surface area contributed by atoms with E-state index in [1.165, 1.54) is 24.3 Å². The van der Waals surface area contributed by atoms with Crippen molar-refractivity contribution < 1.29 is 23.4 Å². The summed E-state index contributed by atoms with van der Waals surface area (Å²) in [5.74, 6) is -1.11. The van der Waals surface area contributed by atoms with Crippen molar-refractivity contribution >= 4 is 17.6 Å². The number of carbonyl (C=O) groups is 1. The summed E-state index contributed by atoms with van der Waals surface area (Å²) in [6.45, 7) is 0.271. The van der Waals surface area contributed by atoms with E-state index in [0.717, 1.165) is 11.1 Å². The van der Waals surface area contributed by atoms with Crippen molar-refractivity contribution in [3.05, 3.63) is 136 Å². The Balaban J connectivity index is 1.43. The molecular weight excluding hydrogens is 507 g/mol. The van der Waals surface area contributed by atoms with E-state index in [9.17, 15) is 14.4 Å². The van der Waals surface area contributed by atoms with Gasteiger partial charge in [-0.3, -0.25) is 0 Å². The van der Waals surface area contributed by atoms with E-state index < -0.39 is 17.7 Å². The van der Waals surface area contributed by atoms with E-state index >= 15 is 0 Å². The summed E-state index contributed by atoms with van der Waals surface area (Å²) in [6, 6.07) is 27.1. The molecule has 4 aromatic rings. The second-order valence-electron chi connectivity index (χ2n) is 8.45. The van der Waals surface area contributed by atoms with Crippen molar-refractivity contribution in [1.82, 2.24) is 0 Å². The van der Waals surface area contributed by atoms with Gasteiger partial charge in [0.15, 0.2) is 0 Å². The zero-order valence-corrected chi connectivity index (χ0v) is 20.6. The standard InChI is InChI=1S/C30H20ClFN2O4/c31-25-10-3-1-6-19(25)17-36-20-8-5-7-18(14-20)28-23-13-12-21(15-27(23)38-29(34)24(28)16-33)37-30(35)22-9-2-4-11-26(22)32/h1-15,28H,17,34H2. The highest BCUT2D eigenvalue weighted by molar-refractivity contribution is 6.31. The molecule has 0 saturated heterocycles. The van der Waals surface area contributed by atoms with E-state index in [0.29, 0.717) is 22.1 Å². The summed E-state index contributed by atoms with van der Waals surface area (Å²) >= 11 is 6.24. The zero-order chi connectivity index (χ0) is 26.6. The lowest BCUT2D eigenvalue weighted by Gasteiger charge is -2.27. The molecule has 1 heterocycles. The fourth-order valence-electron chi connectivity index (χ4n) is 4.19. The monoisotopic (exact) mass is 526 g/mol. The molecule has 0 bridgehead atoms. The molecule has 6 nitrogen and oxygen atoms in total. The third kappa shape index (κ3) is 5.03. The number of allylic oxidation sites excluding steroid dienone is 1. The molecule has 1 unspecified atom stereocenters. The molecule has 0 fully saturated rings. The van der Waals surface area contributed by atoms with Gasteiger partial charge in [0.25, 0.3) is 0 Å². The van der Waals surface area contributed by atoms with Gasteiger partial charge in [-0.1, -0.05) is 60.1 Å². The Morgan fingerprint density at radius 1 is 1.00 bits per heavy atom. The number of hydrogen-bond donors (Lipinski definition) is 1. The number of rotatable bonds is 6. The average molecular weight is 527 g/mol. The molecule has 5 rings (SSSR count). The van der Waals surface area contributed by atoms with Crippen LogP contribution in [0.1, 0.15) is 33.0 Å². The third-order valence-electron chi connectivity index (χ3n) is 6.04. The predicted molar refractivity (Wildman–Crippen MR) is 139 cm³/mol. The van der Waals surface area contributed by atoms with E-state index in [-0.39, 0.29) is 29.4 Å². The number of nitriles is 1. The Morgan fingerprint density at radius 3 is 2.58 bits per heavy atom. The first-order valence-electron chi connectivity index (χ1n) is 11.6. The summed E-state index contributed by atoms with van der Waals surface area (Å²) in [6.07, 6.45) is 0. The van der Waals surface area contributed by atoms with Crippen LogP contribution in [0.4, 0.5) is 4.39 Å². The van der Waals surface area contributed by atoms with Gasteiger partial charge in [0.1, 0.15) is 41.3 Å². The zero-order valence-electron chi connectivity index (χ0n) is 19.9. The first kappa shape index (κ1) is 24.9. The molecule has 8 heteroatoms.